The van der Waals surface area contributed by atoms with Crippen molar-refractivity contribution in [3.05, 3.63) is 82.7 Å². The Hall–Kier alpha value is -3.62. The number of nitrogens with one attached hydrogen (secondary N) is 1. The number of carbonyl (C=O) groups is 2. The third kappa shape index (κ3) is 7.48. The Bertz CT molecular complexity index is 1090. The number of aryl methyl sites for hydroxylation is 1. The molecule has 0 spiro atoms. The van der Waals surface area contributed by atoms with Gasteiger partial charge in [-0.1, -0.05) is 36.8 Å². The van der Waals surface area contributed by atoms with Crippen molar-refractivity contribution >= 4 is 11.9 Å². The lowest BCUT2D eigenvalue weighted by Crippen LogP contribution is -2.23. The molecule has 2 aromatic carbocycles. The van der Waals surface area contributed by atoms with Gasteiger partial charge in [0.1, 0.15) is 0 Å². The zero-order valence-electron chi connectivity index (χ0n) is 18.6. The van der Waals surface area contributed by atoms with Crippen LogP contribution in [0.2, 0.25) is 0 Å². The van der Waals surface area contributed by atoms with Crippen LogP contribution in [-0.4, -0.2) is 26.8 Å². The molecule has 0 unspecified atom stereocenters. The van der Waals surface area contributed by atoms with Gasteiger partial charge in [0, 0.05) is 13.0 Å². The maximum absolute atomic E-state index is 12.8. The summed E-state index contributed by atoms with van der Waals surface area (Å²) in [4.78, 5) is 22.0. The van der Waals surface area contributed by atoms with E-state index in [-0.39, 0.29) is 12.5 Å². The van der Waals surface area contributed by atoms with Gasteiger partial charge in [0.05, 0.1) is 28.7 Å². The van der Waals surface area contributed by atoms with E-state index in [9.17, 15) is 22.8 Å². The number of rotatable bonds is 6. The van der Waals surface area contributed by atoms with Gasteiger partial charge in [0.25, 0.3) is 5.91 Å². The van der Waals surface area contributed by atoms with Crippen molar-refractivity contribution in [2.75, 3.05) is 0 Å². The lowest BCUT2D eigenvalue weighted by atomic mass is 10.1. The highest BCUT2D eigenvalue weighted by atomic mass is 19.4. The number of nitrogens with zero attached hydrogens (tertiary/aromatic N) is 2. The summed E-state index contributed by atoms with van der Waals surface area (Å²) in [5.41, 5.74) is 2.61. The number of aliphatic carboxylic acids is 1. The monoisotopic (exact) mass is 461 g/mol. The van der Waals surface area contributed by atoms with Gasteiger partial charge < -0.3 is 10.4 Å². The van der Waals surface area contributed by atoms with Crippen LogP contribution in [0.1, 0.15) is 52.5 Å². The summed E-state index contributed by atoms with van der Waals surface area (Å²) in [6.07, 6.45) is -1.93. The summed E-state index contributed by atoms with van der Waals surface area (Å²) in [6.45, 7) is 5.59. The Kier molecular flexibility index (Phi) is 8.78. The molecule has 0 fully saturated rings. The van der Waals surface area contributed by atoms with E-state index in [1.165, 1.54) is 18.3 Å². The lowest BCUT2D eigenvalue weighted by molar-refractivity contribution is -0.138. The van der Waals surface area contributed by atoms with Crippen molar-refractivity contribution in [2.24, 2.45) is 0 Å². The van der Waals surface area contributed by atoms with E-state index < -0.39 is 17.7 Å². The molecule has 6 nitrogen and oxygen atoms in total. The zero-order valence-corrected chi connectivity index (χ0v) is 18.6. The van der Waals surface area contributed by atoms with E-state index in [1.54, 1.807) is 11.6 Å². The minimum atomic E-state index is -4.41. The predicted octanol–water partition coefficient (Wildman–Crippen LogP) is 5.31. The molecule has 0 aliphatic carbocycles. The Labute approximate surface area is 190 Å². The molecule has 33 heavy (non-hydrogen) atoms. The van der Waals surface area contributed by atoms with Crippen LogP contribution in [0.3, 0.4) is 0 Å². The quantitative estimate of drug-likeness (QED) is 0.521. The van der Waals surface area contributed by atoms with Crippen molar-refractivity contribution in [2.45, 2.75) is 46.3 Å². The van der Waals surface area contributed by atoms with E-state index in [1.807, 2.05) is 38.1 Å². The SMILES string of the molecule is CCCC(=O)O.Cc1ccc(-n2ncc(C(=O)NCc3cccc(C(F)(F)F)c3)c2C)cc1. The Morgan fingerprint density at radius 2 is 1.76 bits per heavy atom. The van der Waals surface area contributed by atoms with Crippen LogP contribution in [0.4, 0.5) is 13.2 Å². The summed E-state index contributed by atoms with van der Waals surface area (Å²) in [5, 5.41) is 14.8. The van der Waals surface area contributed by atoms with Crippen molar-refractivity contribution in [1.82, 2.24) is 15.1 Å². The normalized spacial score (nSPS) is 10.8. The van der Waals surface area contributed by atoms with E-state index >= 15 is 0 Å². The zero-order chi connectivity index (χ0) is 24.6. The predicted molar refractivity (Wildman–Crippen MR) is 118 cm³/mol. The van der Waals surface area contributed by atoms with Gasteiger partial charge in [-0.25, -0.2) is 4.68 Å². The number of hydrogen-bond acceptors (Lipinski definition) is 3. The molecule has 2 N–H and O–H groups in total. The van der Waals surface area contributed by atoms with Crippen molar-refractivity contribution in [3.8, 4) is 5.69 Å². The van der Waals surface area contributed by atoms with Crippen LogP contribution < -0.4 is 5.32 Å². The van der Waals surface area contributed by atoms with Gasteiger partial charge in [-0.15, -0.1) is 0 Å². The van der Waals surface area contributed by atoms with Crippen molar-refractivity contribution in [3.63, 3.8) is 0 Å². The molecular weight excluding hydrogens is 435 g/mol. The summed E-state index contributed by atoms with van der Waals surface area (Å²) < 4.78 is 40.0. The van der Waals surface area contributed by atoms with Crippen LogP contribution in [0, 0.1) is 13.8 Å². The number of amides is 1. The second-order valence-corrected chi connectivity index (χ2v) is 7.42. The van der Waals surface area contributed by atoms with Crippen LogP contribution in [-0.2, 0) is 17.5 Å². The van der Waals surface area contributed by atoms with E-state index in [2.05, 4.69) is 10.4 Å². The molecule has 0 atom stereocenters. The number of halogens is 3. The van der Waals surface area contributed by atoms with Crippen molar-refractivity contribution < 1.29 is 27.9 Å². The largest absolute Gasteiger partial charge is 0.481 e. The molecule has 1 amide bonds. The molecule has 3 aromatic rings. The van der Waals surface area contributed by atoms with Crippen LogP contribution >= 0.6 is 0 Å². The molecule has 1 heterocycles. The van der Waals surface area contributed by atoms with Crippen LogP contribution in [0.15, 0.2) is 54.7 Å². The molecule has 0 saturated carbocycles. The highest BCUT2D eigenvalue weighted by molar-refractivity contribution is 5.95. The molecule has 0 bridgehead atoms. The number of benzene rings is 2. The average molecular weight is 461 g/mol. The number of carboxylic acids is 1. The number of carbonyl (C=O) groups excluding carboxylic acids is 1. The number of alkyl halides is 3. The van der Waals surface area contributed by atoms with E-state index in [4.69, 9.17) is 5.11 Å². The van der Waals surface area contributed by atoms with E-state index in [0.717, 1.165) is 29.8 Å². The molecule has 0 radical (unpaired) electrons. The third-order valence-electron chi connectivity index (χ3n) is 4.70. The standard InChI is InChI=1S/C20H18F3N3O.C4H8O2/c1-13-6-8-17(9-7-13)26-14(2)18(12-25-26)19(27)24-11-15-4-3-5-16(10-15)20(21,22)23;1-2-3-4(5)6/h3-10,12H,11H2,1-2H3,(H,24,27);2-3H2,1H3,(H,5,6). The molecule has 0 aliphatic heterocycles. The first kappa shape index (κ1) is 25.6. The fourth-order valence-corrected chi connectivity index (χ4v) is 2.93. The highest BCUT2D eigenvalue weighted by Gasteiger charge is 2.30. The van der Waals surface area contributed by atoms with Crippen LogP contribution in [0.5, 0.6) is 0 Å². The Morgan fingerprint density at radius 1 is 1.09 bits per heavy atom. The summed E-state index contributed by atoms with van der Waals surface area (Å²) in [7, 11) is 0. The third-order valence-corrected chi connectivity index (χ3v) is 4.70. The first-order valence-electron chi connectivity index (χ1n) is 10.3. The highest BCUT2D eigenvalue weighted by Crippen LogP contribution is 2.29. The van der Waals surface area contributed by atoms with Crippen LogP contribution in [0.25, 0.3) is 5.69 Å². The number of aromatic nitrogens is 2. The van der Waals surface area contributed by atoms with Gasteiger partial charge in [-0.05, 0) is 50.1 Å². The minimum Gasteiger partial charge on any atom is -0.481 e. The fourth-order valence-electron chi connectivity index (χ4n) is 2.93. The summed E-state index contributed by atoms with van der Waals surface area (Å²) in [5.74, 6) is -1.10. The first-order chi connectivity index (χ1) is 15.5. The fraction of sp³-hybridized carbons (Fsp3) is 0.292. The molecule has 176 valence electrons. The average Bonchev–Trinajstić information content (AvgIpc) is 3.14. The second kappa shape index (κ2) is 11.3. The second-order valence-electron chi connectivity index (χ2n) is 7.42. The van der Waals surface area contributed by atoms with Gasteiger partial charge >= 0.3 is 12.1 Å². The smallest absolute Gasteiger partial charge is 0.416 e. The Balaban J connectivity index is 0.000000569. The molecule has 1 aromatic heterocycles. The van der Waals surface area contributed by atoms with Gasteiger partial charge in [-0.3, -0.25) is 9.59 Å². The van der Waals surface area contributed by atoms with E-state index in [0.29, 0.717) is 23.2 Å². The molecule has 0 saturated heterocycles. The Morgan fingerprint density at radius 3 is 2.30 bits per heavy atom. The minimum absolute atomic E-state index is 0.00208. The van der Waals surface area contributed by atoms with Gasteiger partial charge in [0.2, 0.25) is 0 Å². The maximum atomic E-state index is 12.8. The molecule has 9 heteroatoms. The van der Waals surface area contributed by atoms with Gasteiger partial charge in [0.15, 0.2) is 0 Å². The lowest BCUT2D eigenvalue weighted by Gasteiger charge is -2.10. The number of hydrogen-bond donors (Lipinski definition) is 2. The molecular formula is C24H26F3N3O3. The topological polar surface area (TPSA) is 84.2 Å². The number of carboxylic acid groups (broad SMARTS) is 1. The molecule has 3 rings (SSSR count). The van der Waals surface area contributed by atoms with Gasteiger partial charge in [-0.2, -0.15) is 18.3 Å². The summed E-state index contributed by atoms with van der Waals surface area (Å²) >= 11 is 0. The summed E-state index contributed by atoms with van der Waals surface area (Å²) in [6, 6.07) is 12.6. The molecule has 0 aliphatic rings. The maximum Gasteiger partial charge on any atom is 0.416 e. The van der Waals surface area contributed by atoms with Crippen molar-refractivity contribution in [1.29, 1.82) is 0 Å². The first-order valence-corrected chi connectivity index (χ1v) is 10.3.